The number of hydrogen-bond donors (Lipinski definition) is 1. The predicted molar refractivity (Wildman–Crippen MR) is 60.0 cm³/mol. The van der Waals surface area contributed by atoms with Crippen molar-refractivity contribution in [2.24, 2.45) is 5.92 Å². The van der Waals surface area contributed by atoms with Gasteiger partial charge in [0.05, 0.1) is 0 Å². The minimum Gasteiger partial charge on any atom is -0.381 e. The lowest BCUT2D eigenvalue weighted by molar-refractivity contribution is 0.694. The first-order chi connectivity index (χ1) is 6.27. The third-order valence-electron chi connectivity index (χ3n) is 2.59. The van der Waals surface area contributed by atoms with Crippen LogP contribution in [0.2, 0.25) is 0 Å². The first kappa shape index (κ1) is 9.07. The van der Waals surface area contributed by atoms with Crippen LogP contribution in [0.3, 0.4) is 0 Å². The van der Waals surface area contributed by atoms with E-state index in [2.05, 4.69) is 46.4 Å². The Morgan fingerprint density at radius 3 is 2.69 bits per heavy atom. The van der Waals surface area contributed by atoms with Crippen molar-refractivity contribution in [3.8, 4) is 0 Å². The SMILES string of the molecule is CC(Nc1ccccc1Br)C1CC1. The standard InChI is InChI=1S/C11H14BrN/c1-8(9-6-7-9)13-11-5-3-2-4-10(11)12/h2-5,8-9,13H,6-7H2,1H3. The van der Waals surface area contributed by atoms with Crippen molar-refractivity contribution in [2.45, 2.75) is 25.8 Å². The molecule has 1 atom stereocenters. The van der Waals surface area contributed by atoms with E-state index in [9.17, 15) is 0 Å². The van der Waals surface area contributed by atoms with Gasteiger partial charge in [-0.3, -0.25) is 0 Å². The molecule has 0 aliphatic heterocycles. The van der Waals surface area contributed by atoms with Crippen LogP contribution in [0.1, 0.15) is 19.8 Å². The van der Waals surface area contributed by atoms with Crippen LogP contribution in [0.15, 0.2) is 28.7 Å². The molecule has 2 heteroatoms. The first-order valence-electron chi connectivity index (χ1n) is 4.78. The van der Waals surface area contributed by atoms with E-state index in [1.54, 1.807) is 0 Å². The fourth-order valence-electron chi connectivity index (χ4n) is 1.54. The highest BCUT2D eigenvalue weighted by molar-refractivity contribution is 9.10. The molecule has 1 saturated carbocycles. The second-order valence-corrected chi connectivity index (χ2v) is 4.60. The molecule has 1 aliphatic carbocycles. The van der Waals surface area contributed by atoms with E-state index in [1.165, 1.54) is 18.5 Å². The molecule has 1 aliphatic rings. The molecule has 13 heavy (non-hydrogen) atoms. The second-order valence-electron chi connectivity index (χ2n) is 3.75. The topological polar surface area (TPSA) is 12.0 Å². The van der Waals surface area contributed by atoms with Gasteiger partial charge in [0, 0.05) is 16.2 Å². The van der Waals surface area contributed by atoms with E-state index < -0.39 is 0 Å². The summed E-state index contributed by atoms with van der Waals surface area (Å²) < 4.78 is 1.16. The van der Waals surface area contributed by atoms with Crippen molar-refractivity contribution in [1.82, 2.24) is 0 Å². The summed E-state index contributed by atoms with van der Waals surface area (Å²) in [6.07, 6.45) is 2.78. The minimum absolute atomic E-state index is 0.610. The molecule has 0 spiro atoms. The average molecular weight is 240 g/mol. The van der Waals surface area contributed by atoms with Gasteiger partial charge in [-0.1, -0.05) is 12.1 Å². The fraction of sp³-hybridized carbons (Fsp3) is 0.455. The molecule has 1 aromatic carbocycles. The number of halogens is 1. The summed E-state index contributed by atoms with van der Waals surface area (Å²) in [6, 6.07) is 8.90. The quantitative estimate of drug-likeness (QED) is 0.850. The van der Waals surface area contributed by atoms with Gasteiger partial charge >= 0.3 is 0 Å². The van der Waals surface area contributed by atoms with E-state index in [0.29, 0.717) is 6.04 Å². The monoisotopic (exact) mass is 239 g/mol. The van der Waals surface area contributed by atoms with E-state index in [4.69, 9.17) is 0 Å². The molecule has 1 unspecified atom stereocenters. The summed E-state index contributed by atoms with van der Waals surface area (Å²) in [6.45, 7) is 2.26. The largest absolute Gasteiger partial charge is 0.381 e. The normalized spacial score (nSPS) is 18.3. The van der Waals surface area contributed by atoms with Crippen LogP contribution in [-0.2, 0) is 0 Å². The van der Waals surface area contributed by atoms with Gasteiger partial charge in [-0.2, -0.15) is 0 Å². The average Bonchev–Trinajstić information content (AvgIpc) is 2.91. The molecule has 0 radical (unpaired) electrons. The zero-order valence-electron chi connectivity index (χ0n) is 7.76. The van der Waals surface area contributed by atoms with E-state index in [1.807, 2.05) is 6.07 Å². The van der Waals surface area contributed by atoms with Crippen LogP contribution in [-0.4, -0.2) is 6.04 Å². The van der Waals surface area contributed by atoms with Gasteiger partial charge in [0.15, 0.2) is 0 Å². The number of para-hydroxylation sites is 1. The van der Waals surface area contributed by atoms with Crippen molar-refractivity contribution in [3.63, 3.8) is 0 Å². The van der Waals surface area contributed by atoms with Crippen molar-refractivity contribution >= 4 is 21.6 Å². The highest BCUT2D eigenvalue weighted by Crippen LogP contribution is 2.35. The molecule has 0 saturated heterocycles. The smallest absolute Gasteiger partial charge is 0.0486 e. The fourth-order valence-corrected chi connectivity index (χ4v) is 1.94. The predicted octanol–water partition coefficient (Wildman–Crippen LogP) is 3.66. The van der Waals surface area contributed by atoms with Crippen LogP contribution in [0.25, 0.3) is 0 Å². The lowest BCUT2D eigenvalue weighted by atomic mass is 10.2. The summed E-state index contributed by atoms with van der Waals surface area (Å²) in [5, 5.41) is 3.53. The van der Waals surface area contributed by atoms with Gasteiger partial charge in [0.2, 0.25) is 0 Å². The van der Waals surface area contributed by atoms with Crippen molar-refractivity contribution in [1.29, 1.82) is 0 Å². The zero-order chi connectivity index (χ0) is 9.26. The third kappa shape index (κ3) is 2.25. The minimum atomic E-state index is 0.610. The van der Waals surface area contributed by atoms with Gasteiger partial charge < -0.3 is 5.32 Å². The molecule has 70 valence electrons. The molecule has 1 fully saturated rings. The van der Waals surface area contributed by atoms with Gasteiger partial charge in [-0.05, 0) is 53.7 Å². The van der Waals surface area contributed by atoms with Crippen LogP contribution in [0.5, 0.6) is 0 Å². The zero-order valence-corrected chi connectivity index (χ0v) is 9.34. The summed E-state index contributed by atoms with van der Waals surface area (Å²) in [5.41, 5.74) is 1.21. The number of benzene rings is 1. The molecular weight excluding hydrogens is 226 g/mol. The number of anilines is 1. The van der Waals surface area contributed by atoms with Gasteiger partial charge in [0.1, 0.15) is 0 Å². The van der Waals surface area contributed by atoms with E-state index in [0.717, 1.165) is 10.4 Å². The Balaban J connectivity index is 2.03. The molecule has 2 rings (SSSR count). The van der Waals surface area contributed by atoms with Gasteiger partial charge in [-0.25, -0.2) is 0 Å². The molecule has 0 amide bonds. The Kier molecular flexibility index (Phi) is 2.58. The maximum absolute atomic E-state index is 3.53. The Labute approximate surface area is 87.7 Å². The summed E-state index contributed by atoms with van der Waals surface area (Å²) in [5.74, 6) is 0.895. The highest BCUT2D eigenvalue weighted by Gasteiger charge is 2.27. The Bertz CT molecular complexity index is 294. The van der Waals surface area contributed by atoms with Gasteiger partial charge in [-0.15, -0.1) is 0 Å². The second kappa shape index (κ2) is 3.70. The molecular formula is C11H14BrN. The summed E-state index contributed by atoms with van der Waals surface area (Å²) >= 11 is 3.53. The van der Waals surface area contributed by atoms with Crippen LogP contribution in [0.4, 0.5) is 5.69 Å². The highest BCUT2D eigenvalue weighted by atomic mass is 79.9. The van der Waals surface area contributed by atoms with Crippen LogP contribution < -0.4 is 5.32 Å². The molecule has 0 aromatic heterocycles. The molecule has 1 aromatic rings. The Hall–Kier alpha value is -0.500. The van der Waals surface area contributed by atoms with Crippen LogP contribution >= 0.6 is 15.9 Å². The molecule has 1 nitrogen and oxygen atoms in total. The van der Waals surface area contributed by atoms with Gasteiger partial charge in [0.25, 0.3) is 0 Å². The molecule has 0 heterocycles. The number of hydrogen-bond acceptors (Lipinski definition) is 1. The lowest BCUT2D eigenvalue weighted by Crippen LogP contribution is -2.17. The summed E-state index contributed by atoms with van der Waals surface area (Å²) in [7, 11) is 0. The summed E-state index contributed by atoms with van der Waals surface area (Å²) in [4.78, 5) is 0. The number of rotatable bonds is 3. The maximum atomic E-state index is 3.53. The van der Waals surface area contributed by atoms with Crippen molar-refractivity contribution in [2.75, 3.05) is 5.32 Å². The maximum Gasteiger partial charge on any atom is 0.0486 e. The third-order valence-corrected chi connectivity index (χ3v) is 3.28. The van der Waals surface area contributed by atoms with Crippen LogP contribution in [0, 0.1) is 5.92 Å². The van der Waals surface area contributed by atoms with Crippen molar-refractivity contribution in [3.05, 3.63) is 28.7 Å². The van der Waals surface area contributed by atoms with E-state index in [-0.39, 0.29) is 0 Å². The van der Waals surface area contributed by atoms with Crippen molar-refractivity contribution < 1.29 is 0 Å². The molecule has 0 bridgehead atoms. The molecule has 1 N–H and O–H groups in total. The first-order valence-corrected chi connectivity index (χ1v) is 5.58. The Morgan fingerprint density at radius 1 is 1.38 bits per heavy atom. The Morgan fingerprint density at radius 2 is 2.08 bits per heavy atom. The lowest BCUT2D eigenvalue weighted by Gasteiger charge is -2.15. The van der Waals surface area contributed by atoms with E-state index >= 15 is 0 Å². The number of nitrogens with one attached hydrogen (secondary N) is 1.